The Labute approximate surface area is 239 Å². The highest BCUT2D eigenvalue weighted by Gasteiger charge is 2.17. The zero-order valence-corrected chi connectivity index (χ0v) is 25.0. The molecule has 0 unspecified atom stereocenters. The predicted octanol–water partition coefficient (Wildman–Crippen LogP) is 5.66. The Morgan fingerprint density at radius 2 is 1.67 bits per heavy atom. The van der Waals surface area contributed by atoms with Crippen LogP contribution >= 0.6 is 22.7 Å². The molecule has 5 nitrogen and oxygen atoms in total. The molecular weight excluding hydrogens is 597 g/mol. The number of nitrogens with zero attached hydrogens (tertiary/aromatic N) is 5. The summed E-state index contributed by atoms with van der Waals surface area (Å²) < 4.78 is 3.78. The Balaban J connectivity index is 0.00000361. The number of anilines is 1. The molecule has 2 heterocycles. The summed E-state index contributed by atoms with van der Waals surface area (Å²) in [5, 5.41) is 10.7. The van der Waals surface area contributed by atoms with Gasteiger partial charge in [-0.1, -0.05) is 54.6 Å². The van der Waals surface area contributed by atoms with Crippen LogP contribution < -0.4 is 33.4 Å². The molecule has 0 aliphatic rings. The van der Waals surface area contributed by atoms with Crippen molar-refractivity contribution in [3.05, 3.63) is 64.6 Å². The summed E-state index contributed by atoms with van der Waals surface area (Å²) in [4.78, 5) is 7.83. The van der Waals surface area contributed by atoms with Crippen molar-refractivity contribution < 1.29 is 28.5 Å². The van der Waals surface area contributed by atoms with Crippen molar-refractivity contribution in [2.24, 2.45) is 10.2 Å². The molecule has 2 aromatic carbocycles. The fourth-order valence-electron chi connectivity index (χ4n) is 4.08. The van der Waals surface area contributed by atoms with E-state index in [1.165, 1.54) is 46.6 Å². The van der Waals surface area contributed by atoms with Crippen LogP contribution in [0.25, 0.3) is 22.4 Å². The molecule has 0 fully saturated rings. The molecule has 0 saturated carbocycles. The Morgan fingerprint density at radius 3 is 2.42 bits per heavy atom. The number of para-hydroxylation sites is 1. The molecule has 0 N–H and O–H groups in total. The first kappa shape index (κ1) is 28.4. The first-order valence-electron chi connectivity index (χ1n) is 12.5. The highest BCUT2D eigenvalue weighted by Crippen LogP contribution is 2.27. The summed E-state index contributed by atoms with van der Waals surface area (Å²) in [6, 6.07) is 16.9. The van der Waals surface area contributed by atoms with Crippen LogP contribution in [0.4, 0.5) is 16.5 Å². The van der Waals surface area contributed by atoms with Crippen LogP contribution in [0.3, 0.4) is 0 Å². The molecule has 8 heteroatoms. The summed E-state index contributed by atoms with van der Waals surface area (Å²) in [5.41, 5.74) is 3.36. The fraction of sp³-hybridized carbons (Fsp3) is 0.357. The quantitative estimate of drug-likeness (QED) is 0.0877. The van der Waals surface area contributed by atoms with Gasteiger partial charge in [-0.15, -0.1) is 10.2 Å². The third-order valence-electron chi connectivity index (χ3n) is 6.00. The van der Waals surface area contributed by atoms with E-state index in [4.69, 9.17) is 0 Å². The molecule has 36 heavy (non-hydrogen) atoms. The van der Waals surface area contributed by atoms with Gasteiger partial charge in [-0.2, -0.15) is 4.57 Å². The molecule has 0 atom stereocenters. The van der Waals surface area contributed by atoms with E-state index in [-0.39, 0.29) is 24.0 Å². The summed E-state index contributed by atoms with van der Waals surface area (Å²) in [7, 11) is 0. The van der Waals surface area contributed by atoms with E-state index in [9.17, 15) is 0 Å². The maximum absolute atomic E-state index is 4.45. The average molecular weight is 632 g/mol. The largest absolute Gasteiger partial charge is 1.00 e. The Kier molecular flexibility index (Phi) is 11.5. The fourth-order valence-corrected chi connectivity index (χ4v) is 5.81. The van der Waals surface area contributed by atoms with Crippen molar-refractivity contribution in [2.45, 2.75) is 53.0 Å². The summed E-state index contributed by atoms with van der Waals surface area (Å²) in [6.45, 7) is 9.63. The number of halogens is 1. The lowest BCUT2D eigenvalue weighted by molar-refractivity contribution is -0.669. The molecular formula is C28H34IN5S2. The van der Waals surface area contributed by atoms with Gasteiger partial charge in [0.15, 0.2) is 6.54 Å². The maximum atomic E-state index is 4.45. The van der Waals surface area contributed by atoms with Crippen LogP contribution in [0.15, 0.2) is 65.0 Å². The second-order valence-electron chi connectivity index (χ2n) is 8.39. The van der Waals surface area contributed by atoms with Gasteiger partial charge in [-0.25, -0.2) is 4.98 Å². The zero-order valence-electron chi connectivity index (χ0n) is 21.2. The van der Waals surface area contributed by atoms with E-state index in [0.717, 1.165) is 30.2 Å². The molecule has 0 bridgehead atoms. The second-order valence-corrected chi connectivity index (χ2v) is 10.5. The number of rotatable bonds is 12. The van der Waals surface area contributed by atoms with Gasteiger partial charge in [-0.3, -0.25) is 0 Å². The third-order valence-corrected chi connectivity index (χ3v) is 7.98. The van der Waals surface area contributed by atoms with Crippen molar-refractivity contribution in [2.75, 3.05) is 18.0 Å². The van der Waals surface area contributed by atoms with Gasteiger partial charge in [0.25, 0.3) is 5.01 Å². The third kappa shape index (κ3) is 7.43. The molecule has 4 aromatic rings. The second kappa shape index (κ2) is 14.5. The topological polar surface area (TPSA) is 44.7 Å². The number of hydrogen-bond acceptors (Lipinski definition) is 6. The highest BCUT2D eigenvalue weighted by molar-refractivity contribution is 7.19. The number of fused-ring (bicyclic) bond motifs is 1. The monoisotopic (exact) mass is 631 g/mol. The van der Waals surface area contributed by atoms with Crippen LogP contribution in [-0.4, -0.2) is 18.1 Å². The van der Waals surface area contributed by atoms with Gasteiger partial charge >= 0.3 is 0 Å². The summed E-state index contributed by atoms with van der Waals surface area (Å²) >= 11 is 3.40. The number of benzene rings is 2. The van der Waals surface area contributed by atoms with Gasteiger partial charge in [-0.05, 0) is 56.7 Å². The van der Waals surface area contributed by atoms with Crippen molar-refractivity contribution in [1.29, 1.82) is 0 Å². The zero-order chi connectivity index (χ0) is 24.5. The van der Waals surface area contributed by atoms with Gasteiger partial charge in [0.1, 0.15) is 4.70 Å². The molecule has 0 radical (unpaired) electrons. The van der Waals surface area contributed by atoms with E-state index in [1.807, 2.05) is 29.7 Å². The average Bonchev–Trinajstić information content (AvgIpc) is 3.50. The van der Waals surface area contributed by atoms with E-state index in [2.05, 4.69) is 94.0 Å². The number of unbranched alkanes of at least 4 members (excludes halogenated alkanes) is 3. The van der Waals surface area contributed by atoms with Crippen molar-refractivity contribution in [3.63, 3.8) is 0 Å². The first-order chi connectivity index (χ1) is 17.2. The van der Waals surface area contributed by atoms with E-state index >= 15 is 0 Å². The van der Waals surface area contributed by atoms with Gasteiger partial charge in [0.05, 0.1) is 5.69 Å². The maximum Gasteiger partial charge on any atom is 0.262 e. The molecule has 0 spiro atoms. The lowest BCUT2D eigenvalue weighted by Gasteiger charge is -2.20. The number of azo groups is 1. The molecule has 2 aromatic heterocycles. The number of aromatic nitrogens is 2. The molecule has 4 rings (SSSR count). The molecule has 190 valence electrons. The van der Waals surface area contributed by atoms with Crippen LogP contribution in [0.5, 0.6) is 0 Å². The standard InChI is InChI=1S/C28H34N5S2.HI/c1-4-7-8-11-20-33-25-12-9-10-13-26(25)35-27(33)19-18-24-21-29-28(34-24)31-30-22-14-16-23(17-15-22)32(5-2)6-3;/h9-10,12-19,21H,4-8,11,20H2,1-3H3;1H/q+1;/p-1. The van der Waals surface area contributed by atoms with Crippen molar-refractivity contribution in [1.82, 2.24) is 4.98 Å². The predicted molar refractivity (Wildman–Crippen MR) is 151 cm³/mol. The van der Waals surface area contributed by atoms with Gasteiger partial charge in [0, 0.05) is 48.4 Å². The van der Waals surface area contributed by atoms with E-state index in [1.54, 1.807) is 11.3 Å². The number of hydrogen-bond donors (Lipinski definition) is 0. The van der Waals surface area contributed by atoms with Crippen LogP contribution in [0.1, 0.15) is 56.3 Å². The lowest BCUT2D eigenvalue weighted by Crippen LogP contribution is -3.00. The van der Waals surface area contributed by atoms with Gasteiger partial charge in [0.2, 0.25) is 10.6 Å². The summed E-state index contributed by atoms with van der Waals surface area (Å²) in [6.07, 6.45) is 11.3. The Morgan fingerprint density at radius 1 is 0.889 bits per heavy atom. The van der Waals surface area contributed by atoms with Crippen molar-refractivity contribution >= 4 is 61.5 Å². The highest BCUT2D eigenvalue weighted by atomic mass is 127. The van der Waals surface area contributed by atoms with Gasteiger partial charge < -0.3 is 28.9 Å². The Hall–Kier alpha value is -2.17. The minimum atomic E-state index is 0. The molecule has 0 aliphatic heterocycles. The number of thiazole rings is 2. The SMILES string of the molecule is CCCCCC[n+]1c(/C=C/c2cnc(N=Nc3ccc(N(CC)CC)cc3)s2)sc2ccccc21.[I-]. The van der Waals surface area contributed by atoms with Crippen molar-refractivity contribution in [3.8, 4) is 0 Å². The van der Waals surface area contributed by atoms with E-state index in [0.29, 0.717) is 5.13 Å². The summed E-state index contributed by atoms with van der Waals surface area (Å²) in [5.74, 6) is 0. The van der Waals surface area contributed by atoms with Crippen LogP contribution in [0, 0.1) is 0 Å². The van der Waals surface area contributed by atoms with Crippen LogP contribution in [0.2, 0.25) is 0 Å². The molecule has 0 aliphatic carbocycles. The van der Waals surface area contributed by atoms with Crippen LogP contribution in [-0.2, 0) is 6.54 Å². The number of aryl methyl sites for hydroxylation is 1. The lowest BCUT2D eigenvalue weighted by atomic mass is 10.2. The first-order valence-corrected chi connectivity index (χ1v) is 14.2. The molecule has 0 saturated heterocycles. The molecule has 0 amide bonds. The van der Waals surface area contributed by atoms with E-state index < -0.39 is 0 Å². The normalized spacial score (nSPS) is 11.5. The minimum Gasteiger partial charge on any atom is -1.00 e. The Bertz CT molecular complexity index is 1270. The minimum absolute atomic E-state index is 0. The smallest absolute Gasteiger partial charge is 0.262 e.